The molecule has 0 amide bonds. The Balaban J connectivity index is 3.44. The average Bonchev–Trinajstić information content (AvgIpc) is 2.05. The molecule has 0 radical (unpaired) electrons. The molecule has 1 N–H and O–H groups in total. The Bertz CT molecular complexity index is 119. The zero-order valence-corrected chi connectivity index (χ0v) is 7.69. The van der Waals surface area contributed by atoms with Crippen LogP contribution in [0.4, 0.5) is 0 Å². The fourth-order valence-corrected chi connectivity index (χ4v) is 0.941. The Morgan fingerprint density at radius 2 is 1.91 bits per heavy atom. The van der Waals surface area contributed by atoms with E-state index in [-0.39, 0.29) is 0 Å². The lowest BCUT2D eigenvalue weighted by Gasteiger charge is -2.00. The summed E-state index contributed by atoms with van der Waals surface area (Å²) < 4.78 is 0. The first-order chi connectivity index (χ1) is 5.35. The lowest BCUT2D eigenvalue weighted by atomic mass is 10.1. The van der Waals surface area contributed by atoms with E-state index in [2.05, 4.69) is 31.8 Å². The second-order valence-corrected chi connectivity index (χ2v) is 2.52. The van der Waals surface area contributed by atoms with E-state index in [1.807, 2.05) is 6.08 Å². The van der Waals surface area contributed by atoms with Crippen LogP contribution in [0.2, 0.25) is 0 Å². The summed E-state index contributed by atoms with van der Waals surface area (Å²) in [7, 11) is 0. The summed E-state index contributed by atoms with van der Waals surface area (Å²) in [6, 6.07) is 0. The summed E-state index contributed by atoms with van der Waals surface area (Å²) in [6.07, 6.45) is 6.49. The fraction of sp³-hybridized carbons (Fsp3) is 0.600. The van der Waals surface area contributed by atoms with Crippen molar-refractivity contribution >= 4 is 0 Å². The number of rotatable bonds is 6. The quantitative estimate of drug-likeness (QED) is 0.456. The maximum absolute atomic E-state index is 3.63. The SMILES string of the molecule is C=CCNCC=C(CC)CC. The van der Waals surface area contributed by atoms with Crippen LogP contribution in [-0.2, 0) is 0 Å². The summed E-state index contributed by atoms with van der Waals surface area (Å²) in [5.74, 6) is 0. The molecule has 11 heavy (non-hydrogen) atoms. The minimum absolute atomic E-state index is 0.900. The minimum atomic E-state index is 0.900. The number of hydrogen-bond donors (Lipinski definition) is 1. The highest BCUT2D eigenvalue weighted by molar-refractivity contribution is 5.01. The van der Waals surface area contributed by atoms with Crippen LogP contribution in [-0.4, -0.2) is 13.1 Å². The van der Waals surface area contributed by atoms with Crippen LogP contribution in [0.15, 0.2) is 24.3 Å². The molecule has 0 fully saturated rings. The van der Waals surface area contributed by atoms with Gasteiger partial charge in [-0.2, -0.15) is 0 Å². The van der Waals surface area contributed by atoms with Crippen molar-refractivity contribution in [3.63, 3.8) is 0 Å². The molecule has 1 nitrogen and oxygen atoms in total. The van der Waals surface area contributed by atoms with Gasteiger partial charge in [0, 0.05) is 13.1 Å². The molecule has 0 aliphatic carbocycles. The van der Waals surface area contributed by atoms with Gasteiger partial charge in [0.15, 0.2) is 0 Å². The van der Waals surface area contributed by atoms with Gasteiger partial charge in [0.1, 0.15) is 0 Å². The van der Waals surface area contributed by atoms with E-state index >= 15 is 0 Å². The normalized spacial score (nSPS) is 9.27. The lowest BCUT2D eigenvalue weighted by molar-refractivity contribution is 0.828. The van der Waals surface area contributed by atoms with Crippen molar-refractivity contribution in [2.45, 2.75) is 26.7 Å². The Labute approximate surface area is 70.2 Å². The van der Waals surface area contributed by atoms with Crippen molar-refractivity contribution < 1.29 is 0 Å². The van der Waals surface area contributed by atoms with Crippen LogP contribution in [0.3, 0.4) is 0 Å². The van der Waals surface area contributed by atoms with E-state index in [1.54, 1.807) is 0 Å². The van der Waals surface area contributed by atoms with Crippen molar-refractivity contribution in [2.24, 2.45) is 0 Å². The summed E-state index contributed by atoms with van der Waals surface area (Å²) in [5.41, 5.74) is 1.53. The zero-order valence-electron chi connectivity index (χ0n) is 7.69. The van der Waals surface area contributed by atoms with E-state index in [0.717, 1.165) is 13.1 Å². The topological polar surface area (TPSA) is 12.0 Å². The molecule has 1 heteroatoms. The molecule has 0 aliphatic heterocycles. The predicted octanol–water partition coefficient (Wildman–Crippen LogP) is 2.51. The van der Waals surface area contributed by atoms with Crippen LogP contribution < -0.4 is 5.32 Å². The molecule has 0 aromatic rings. The molecule has 0 saturated carbocycles. The van der Waals surface area contributed by atoms with Gasteiger partial charge in [-0.1, -0.05) is 31.6 Å². The van der Waals surface area contributed by atoms with Crippen molar-refractivity contribution in [3.8, 4) is 0 Å². The summed E-state index contributed by atoms with van der Waals surface area (Å²) in [6.45, 7) is 9.90. The Morgan fingerprint density at radius 1 is 1.27 bits per heavy atom. The molecule has 0 saturated heterocycles. The van der Waals surface area contributed by atoms with Gasteiger partial charge in [0.2, 0.25) is 0 Å². The van der Waals surface area contributed by atoms with Gasteiger partial charge >= 0.3 is 0 Å². The largest absolute Gasteiger partial charge is 0.310 e. The maximum Gasteiger partial charge on any atom is 0.0140 e. The molecular formula is C10H19N. The van der Waals surface area contributed by atoms with E-state index in [0.29, 0.717) is 0 Å². The third-order valence-corrected chi connectivity index (χ3v) is 1.73. The standard InChI is InChI=1S/C10H19N/c1-4-8-11-9-7-10(5-2)6-3/h4,7,11H,1,5-6,8-9H2,2-3H3. The Kier molecular flexibility index (Phi) is 7.16. The molecule has 0 spiro atoms. The van der Waals surface area contributed by atoms with E-state index < -0.39 is 0 Å². The summed E-state index contributed by atoms with van der Waals surface area (Å²) >= 11 is 0. The van der Waals surface area contributed by atoms with E-state index in [1.165, 1.54) is 18.4 Å². The van der Waals surface area contributed by atoms with Gasteiger partial charge in [-0.15, -0.1) is 6.58 Å². The monoisotopic (exact) mass is 153 g/mol. The molecule has 0 bridgehead atoms. The van der Waals surface area contributed by atoms with Crippen molar-refractivity contribution in [1.82, 2.24) is 5.32 Å². The van der Waals surface area contributed by atoms with Gasteiger partial charge in [0.25, 0.3) is 0 Å². The lowest BCUT2D eigenvalue weighted by Crippen LogP contribution is -2.13. The van der Waals surface area contributed by atoms with Gasteiger partial charge in [0.05, 0.1) is 0 Å². The number of nitrogens with one attached hydrogen (secondary N) is 1. The minimum Gasteiger partial charge on any atom is -0.310 e. The fourth-order valence-electron chi connectivity index (χ4n) is 0.941. The van der Waals surface area contributed by atoms with E-state index in [9.17, 15) is 0 Å². The molecule has 0 rings (SSSR count). The molecule has 0 heterocycles. The first-order valence-electron chi connectivity index (χ1n) is 4.34. The predicted molar refractivity (Wildman–Crippen MR) is 51.7 cm³/mol. The smallest absolute Gasteiger partial charge is 0.0140 e. The highest BCUT2D eigenvalue weighted by atomic mass is 14.8. The average molecular weight is 153 g/mol. The zero-order chi connectivity index (χ0) is 8.53. The third kappa shape index (κ3) is 5.86. The third-order valence-electron chi connectivity index (χ3n) is 1.73. The summed E-state index contributed by atoms with van der Waals surface area (Å²) in [5, 5.41) is 3.24. The Morgan fingerprint density at radius 3 is 2.36 bits per heavy atom. The van der Waals surface area contributed by atoms with Crippen LogP contribution in [0.5, 0.6) is 0 Å². The first kappa shape index (κ1) is 10.4. The van der Waals surface area contributed by atoms with E-state index in [4.69, 9.17) is 0 Å². The maximum atomic E-state index is 3.63. The number of hydrogen-bond acceptors (Lipinski definition) is 1. The van der Waals surface area contributed by atoms with Crippen molar-refractivity contribution in [1.29, 1.82) is 0 Å². The number of allylic oxidation sites excluding steroid dienone is 1. The van der Waals surface area contributed by atoms with Crippen LogP contribution >= 0.6 is 0 Å². The van der Waals surface area contributed by atoms with Crippen molar-refractivity contribution in [3.05, 3.63) is 24.3 Å². The molecule has 0 aliphatic rings. The second-order valence-electron chi connectivity index (χ2n) is 2.52. The highest BCUT2D eigenvalue weighted by Gasteiger charge is 1.87. The Hall–Kier alpha value is -0.560. The first-order valence-corrected chi connectivity index (χ1v) is 4.34. The van der Waals surface area contributed by atoms with Gasteiger partial charge in [-0.25, -0.2) is 0 Å². The molecular weight excluding hydrogens is 134 g/mol. The van der Waals surface area contributed by atoms with Crippen LogP contribution in [0.1, 0.15) is 26.7 Å². The van der Waals surface area contributed by atoms with Crippen LogP contribution in [0.25, 0.3) is 0 Å². The molecule has 0 aromatic heterocycles. The van der Waals surface area contributed by atoms with Gasteiger partial charge in [-0.05, 0) is 12.8 Å². The van der Waals surface area contributed by atoms with Gasteiger partial charge < -0.3 is 5.32 Å². The summed E-state index contributed by atoms with van der Waals surface area (Å²) in [4.78, 5) is 0. The second kappa shape index (κ2) is 7.55. The molecule has 64 valence electrons. The molecule has 0 unspecified atom stereocenters. The highest BCUT2D eigenvalue weighted by Crippen LogP contribution is 2.03. The van der Waals surface area contributed by atoms with Gasteiger partial charge in [-0.3, -0.25) is 0 Å². The van der Waals surface area contributed by atoms with Crippen LogP contribution in [0, 0.1) is 0 Å². The molecule has 0 aromatic carbocycles. The molecule has 0 atom stereocenters. The van der Waals surface area contributed by atoms with Crippen molar-refractivity contribution in [2.75, 3.05) is 13.1 Å².